The summed E-state index contributed by atoms with van der Waals surface area (Å²) in [4.78, 5) is 13.8. The van der Waals surface area contributed by atoms with Crippen molar-refractivity contribution in [2.75, 3.05) is 19.6 Å². The average molecular weight is 298 g/mol. The molecule has 1 aliphatic carbocycles. The molecular weight excluding hydrogens is 264 g/mol. The van der Waals surface area contributed by atoms with Crippen molar-refractivity contribution < 1.29 is 9.53 Å². The largest absolute Gasteiger partial charge is 0.444 e. The van der Waals surface area contributed by atoms with E-state index in [0.29, 0.717) is 19.1 Å². The zero-order valence-corrected chi connectivity index (χ0v) is 14.7. The number of hydrogen-bond donors (Lipinski definition) is 1. The summed E-state index contributed by atoms with van der Waals surface area (Å²) in [6.45, 7) is 14.6. The second-order valence-corrected chi connectivity index (χ2v) is 7.52. The Morgan fingerprint density at radius 2 is 1.95 bits per heavy atom. The highest BCUT2D eigenvalue weighted by Crippen LogP contribution is 2.28. The summed E-state index contributed by atoms with van der Waals surface area (Å²) in [7, 11) is 0. The van der Waals surface area contributed by atoms with E-state index in [2.05, 4.69) is 19.2 Å². The third-order valence-electron chi connectivity index (χ3n) is 4.25. The van der Waals surface area contributed by atoms with Gasteiger partial charge in [-0.2, -0.15) is 0 Å². The van der Waals surface area contributed by atoms with Gasteiger partial charge in [0, 0.05) is 25.7 Å². The lowest BCUT2D eigenvalue weighted by atomic mass is 9.80. The summed E-state index contributed by atoms with van der Waals surface area (Å²) >= 11 is 0. The van der Waals surface area contributed by atoms with Crippen LogP contribution in [0, 0.1) is 11.8 Å². The second kappa shape index (κ2) is 8.02. The molecule has 1 saturated carbocycles. The fraction of sp³-hybridized carbons (Fsp3) is 0.941. The van der Waals surface area contributed by atoms with Gasteiger partial charge in [0.2, 0.25) is 0 Å². The van der Waals surface area contributed by atoms with Crippen LogP contribution in [0.3, 0.4) is 0 Å². The molecule has 0 heterocycles. The van der Waals surface area contributed by atoms with Gasteiger partial charge >= 0.3 is 6.09 Å². The minimum atomic E-state index is -0.425. The van der Waals surface area contributed by atoms with Gasteiger partial charge in [-0.25, -0.2) is 4.79 Å². The molecule has 0 saturated heterocycles. The molecule has 0 radical (unpaired) electrons. The smallest absolute Gasteiger partial charge is 0.410 e. The van der Waals surface area contributed by atoms with Crippen molar-refractivity contribution in [1.29, 1.82) is 0 Å². The number of carbonyl (C=O) groups is 1. The molecule has 1 rings (SSSR count). The first-order valence-electron chi connectivity index (χ1n) is 8.44. The van der Waals surface area contributed by atoms with Gasteiger partial charge in [-0.3, -0.25) is 0 Å². The van der Waals surface area contributed by atoms with Gasteiger partial charge in [0.05, 0.1) is 0 Å². The zero-order chi connectivity index (χ0) is 16.0. The monoisotopic (exact) mass is 298 g/mol. The number of hydrogen-bond acceptors (Lipinski definition) is 3. The minimum Gasteiger partial charge on any atom is -0.444 e. The highest BCUT2D eigenvalue weighted by Gasteiger charge is 2.25. The minimum absolute atomic E-state index is 0.211. The Balaban J connectivity index is 2.33. The summed E-state index contributed by atoms with van der Waals surface area (Å²) in [5, 5.41) is 3.62. The summed E-state index contributed by atoms with van der Waals surface area (Å²) in [6.07, 6.45) is 3.66. The fourth-order valence-corrected chi connectivity index (χ4v) is 3.06. The molecule has 0 bridgehead atoms. The van der Waals surface area contributed by atoms with Crippen molar-refractivity contribution in [1.82, 2.24) is 10.2 Å². The molecule has 1 amide bonds. The van der Waals surface area contributed by atoms with E-state index in [0.717, 1.165) is 18.4 Å². The van der Waals surface area contributed by atoms with E-state index in [1.165, 1.54) is 19.3 Å². The van der Waals surface area contributed by atoms with E-state index in [9.17, 15) is 4.79 Å². The molecular formula is C17H34N2O2. The van der Waals surface area contributed by atoms with Crippen molar-refractivity contribution in [3.05, 3.63) is 0 Å². The topological polar surface area (TPSA) is 41.6 Å². The predicted octanol–water partition coefficient (Wildman–Crippen LogP) is 3.66. The number of amides is 1. The van der Waals surface area contributed by atoms with Gasteiger partial charge in [0.15, 0.2) is 0 Å². The van der Waals surface area contributed by atoms with Gasteiger partial charge in [-0.1, -0.05) is 13.8 Å². The van der Waals surface area contributed by atoms with E-state index in [-0.39, 0.29) is 6.09 Å². The molecule has 0 aromatic carbocycles. The van der Waals surface area contributed by atoms with Crippen molar-refractivity contribution in [3.63, 3.8) is 0 Å². The highest BCUT2D eigenvalue weighted by atomic mass is 16.6. The Hall–Kier alpha value is -0.770. The van der Waals surface area contributed by atoms with Crippen molar-refractivity contribution in [3.8, 4) is 0 Å². The normalized spacial score (nSPS) is 26.5. The van der Waals surface area contributed by atoms with Gasteiger partial charge < -0.3 is 15.0 Å². The quantitative estimate of drug-likeness (QED) is 0.842. The Morgan fingerprint density at radius 1 is 1.29 bits per heavy atom. The number of nitrogens with zero attached hydrogens (tertiary/aromatic N) is 1. The Kier molecular flexibility index (Phi) is 6.98. The van der Waals surface area contributed by atoms with Crippen LogP contribution in [-0.4, -0.2) is 42.3 Å². The lowest BCUT2D eigenvalue weighted by Gasteiger charge is -2.34. The number of ether oxygens (including phenoxy) is 1. The van der Waals surface area contributed by atoms with Crippen LogP contribution >= 0.6 is 0 Å². The predicted molar refractivity (Wildman–Crippen MR) is 87.5 cm³/mol. The standard InChI is InChI=1S/C17H34N2O2/c1-7-19(16(20)21-17(4,5)6)11-10-18-15-9-8-13(2)12-14(15)3/h13-15,18H,7-12H2,1-6H3. The fourth-order valence-electron chi connectivity index (χ4n) is 3.06. The van der Waals surface area contributed by atoms with E-state index in [4.69, 9.17) is 4.74 Å². The molecule has 1 N–H and O–H groups in total. The van der Waals surface area contributed by atoms with Gasteiger partial charge in [0.1, 0.15) is 5.60 Å². The van der Waals surface area contributed by atoms with Crippen LogP contribution in [0.5, 0.6) is 0 Å². The van der Waals surface area contributed by atoms with Crippen molar-refractivity contribution in [2.45, 2.75) is 72.4 Å². The molecule has 0 aliphatic heterocycles. The molecule has 4 nitrogen and oxygen atoms in total. The number of likely N-dealkylation sites (N-methyl/N-ethyl adjacent to an activating group) is 1. The first kappa shape index (κ1) is 18.3. The molecule has 1 fully saturated rings. The molecule has 21 heavy (non-hydrogen) atoms. The van der Waals surface area contributed by atoms with E-state index < -0.39 is 5.60 Å². The molecule has 3 unspecified atom stereocenters. The third-order valence-corrected chi connectivity index (χ3v) is 4.25. The molecule has 3 atom stereocenters. The van der Waals surface area contributed by atoms with Crippen LogP contribution < -0.4 is 5.32 Å². The molecule has 1 aliphatic rings. The van der Waals surface area contributed by atoms with Gasteiger partial charge in [0.25, 0.3) is 0 Å². The Bertz CT molecular complexity index is 325. The number of nitrogens with one attached hydrogen (secondary N) is 1. The first-order chi connectivity index (χ1) is 9.73. The first-order valence-corrected chi connectivity index (χ1v) is 8.44. The lowest BCUT2D eigenvalue weighted by Crippen LogP contribution is -2.45. The Morgan fingerprint density at radius 3 is 2.48 bits per heavy atom. The zero-order valence-electron chi connectivity index (χ0n) is 14.7. The molecule has 0 spiro atoms. The summed E-state index contributed by atoms with van der Waals surface area (Å²) in [6, 6.07) is 0.596. The second-order valence-electron chi connectivity index (χ2n) is 7.52. The maximum atomic E-state index is 12.1. The van der Waals surface area contributed by atoms with Crippen LogP contribution in [0.15, 0.2) is 0 Å². The highest BCUT2D eigenvalue weighted by molar-refractivity contribution is 5.68. The van der Waals surface area contributed by atoms with E-state index in [1.54, 1.807) is 4.90 Å². The third kappa shape index (κ3) is 6.68. The van der Waals surface area contributed by atoms with Gasteiger partial charge in [-0.05, 0) is 58.8 Å². The molecule has 0 aromatic heterocycles. The molecule has 0 aromatic rings. The average Bonchev–Trinajstić information content (AvgIpc) is 2.34. The van der Waals surface area contributed by atoms with Crippen LogP contribution in [0.4, 0.5) is 4.79 Å². The summed E-state index contributed by atoms with van der Waals surface area (Å²) < 4.78 is 5.43. The van der Waals surface area contributed by atoms with Crippen LogP contribution in [0.25, 0.3) is 0 Å². The van der Waals surface area contributed by atoms with Crippen LogP contribution in [-0.2, 0) is 4.74 Å². The van der Waals surface area contributed by atoms with E-state index >= 15 is 0 Å². The Labute approximate surface area is 130 Å². The van der Waals surface area contributed by atoms with Gasteiger partial charge in [-0.15, -0.1) is 0 Å². The lowest BCUT2D eigenvalue weighted by molar-refractivity contribution is 0.0259. The van der Waals surface area contributed by atoms with Crippen LogP contribution in [0.1, 0.15) is 60.8 Å². The van der Waals surface area contributed by atoms with Crippen molar-refractivity contribution >= 4 is 6.09 Å². The molecule has 4 heteroatoms. The molecule has 124 valence electrons. The number of rotatable bonds is 5. The maximum Gasteiger partial charge on any atom is 0.410 e. The van der Waals surface area contributed by atoms with Crippen molar-refractivity contribution in [2.24, 2.45) is 11.8 Å². The number of carbonyl (C=O) groups excluding carboxylic acids is 1. The summed E-state index contributed by atoms with van der Waals surface area (Å²) in [5.74, 6) is 1.58. The summed E-state index contributed by atoms with van der Waals surface area (Å²) in [5.41, 5.74) is -0.425. The SMILES string of the molecule is CCN(CCNC1CCC(C)CC1C)C(=O)OC(C)(C)C. The van der Waals surface area contributed by atoms with E-state index in [1.807, 2.05) is 27.7 Å². The van der Waals surface area contributed by atoms with Crippen LogP contribution in [0.2, 0.25) is 0 Å². The maximum absolute atomic E-state index is 12.1.